The van der Waals surface area contributed by atoms with E-state index in [2.05, 4.69) is 10.0 Å². The van der Waals surface area contributed by atoms with E-state index >= 15 is 0 Å². The Labute approximate surface area is 194 Å². The summed E-state index contributed by atoms with van der Waals surface area (Å²) in [5.74, 6) is 0.237. The monoisotopic (exact) mass is 468 g/mol. The predicted molar refractivity (Wildman–Crippen MR) is 128 cm³/mol. The Kier molecular flexibility index (Phi) is 7.73. The highest BCUT2D eigenvalue weighted by Gasteiger charge is 2.27. The maximum absolute atomic E-state index is 13.2. The molecule has 0 saturated heterocycles. The maximum Gasteiger partial charge on any atom is 0.242 e. The lowest BCUT2D eigenvalue weighted by Gasteiger charge is -2.20. The second kappa shape index (κ2) is 10.5. The summed E-state index contributed by atoms with van der Waals surface area (Å²) in [5, 5.41) is 2.88. The number of anilines is 1. The van der Waals surface area contributed by atoms with Crippen LogP contribution in [0.2, 0.25) is 0 Å². The van der Waals surface area contributed by atoms with E-state index in [4.69, 9.17) is 9.47 Å². The number of carbonyl (C=O) groups is 1. The largest absolute Gasteiger partial charge is 0.493 e. The molecule has 0 spiro atoms. The fourth-order valence-electron chi connectivity index (χ4n) is 3.38. The van der Waals surface area contributed by atoms with Crippen LogP contribution in [0.1, 0.15) is 16.7 Å². The van der Waals surface area contributed by atoms with Gasteiger partial charge in [0.15, 0.2) is 11.5 Å². The van der Waals surface area contributed by atoms with Crippen LogP contribution in [-0.4, -0.2) is 34.6 Å². The van der Waals surface area contributed by atoms with Gasteiger partial charge in [0.05, 0.1) is 19.1 Å². The Morgan fingerprint density at radius 1 is 0.909 bits per heavy atom. The molecule has 3 rings (SSSR count). The third-order valence-electron chi connectivity index (χ3n) is 5.42. The third kappa shape index (κ3) is 5.91. The lowest BCUT2D eigenvalue weighted by Crippen LogP contribution is -2.45. The molecule has 0 unspecified atom stereocenters. The Balaban J connectivity index is 1.92. The first-order chi connectivity index (χ1) is 15.7. The molecule has 0 fully saturated rings. The molecule has 0 aromatic heterocycles. The van der Waals surface area contributed by atoms with Gasteiger partial charge in [-0.25, -0.2) is 8.42 Å². The van der Waals surface area contributed by atoms with Crippen molar-refractivity contribution in [3.8, 4) is 11.5 Å². The van der Waals surface area contributed by atoms with E-state index in [0.717, 1.165) is 16.7 Å². The van der Waals surface area contributed by atoms with Gasteiger partial charge in [0.2, 0.25) is 15.9 Å². The number of benzene rings is 3. The number of nitrogens with one attached hydrogen (secondary N) is 2. The van der Waals surface area contributed by atoms with Crippen LogP contribution in [0.15, 0.2) is 71.6 Å². The van der Waals surface area contributed by atoms with Gasteiger partial charge in [-0.2, -0.15) is 4.72 Å². The zero-order valence-corrected chi connectivity index (χ0v) is 19.9. The summed E-state index contributed by atoms with van der Waals surface area (Å²) < 4.78 is 39.4. The summed E-state index contributed by atoms with van der Waals surface area (Å²) in [4.78, 5) is 13.2. The minimum atomic E-state index is -4.04. The topological polar surface area (TPSA) is 93.7 Å². The molecule has 1 amide bonds. The quantitative estimate of drug-likeness (QED) is 0.498. The molecular weight excluding hydrogens is 440 g/mol. The number of rotatable bonds is 9. The number of carbonyl (C=O) groups excluding carboxylic acids is 1. The summed E-state index contributed by atoms with van der Waals surface area (Å²) in [6.07, 6.45) is 0.185. The van der Waals surface area contributed by atoms with E-state index in [1.54, 1.807) is 6.07 Å². The molecule has 3 aromatic rings. The van der Waals surface area contributed by atoms with E-state index in [-0.39, 0.29) is 17.1 Å². The normalized spacial score (nSPS) is 12.1. The summed E-state index contributed by atoms with van der Waals surface area (Å²) >= 11 is 0. The van der Waals surface area contributed by atoms with Crippen LogP contribution >= 0.6 is 0 Å². The Morgan fingerprint density at radius 3 is 2.27 bits per heavy atom. The van der Waals surface area contributed by atoms with E-state index in [9.17, 15) is 13.2 Å². The summed E-state index contributed by atoms with van der Waals surface area (Å²) in [6, 6.07) is 18.1. The third-order valence-corrected chi connectivity index (χ3v) is 6.89. The fraction of sp³-hybridized carbons (Fsp3) is 0.240. The second-order valence-electron chi connectivity index (χ2n) is 7.62. The molecule has 8 heteroatoms. The van der Waals surface area contributed by atoms with E-state index in [1.807, 2.05) is 56.3 Å². The zero-order valence-electron chi connectivity index (χ0n) is 19.1. The molecular formula is C25H28N2O5S. The molecule has 33 heavy (non-hydrogen) atoms. The van der Waals surface area contributed by atoms with Crippen LogP contribution in [0.5, 0.6) is 11.5 Å². The lowest BCUT2D eigenvalue weighted by molar-refractivity contribution is -0.117. The van der Waals surface area contributed by atoms with Crippen LogP contribution < -0.4 is 19.5 Å². The van der Waals surface area contributed by atoms with Crippen molar-refractivity contribution in [3.05, 3.63) is 83.4 Å². The first kappa shape index (κ1) is 24.3. The first-order valence-electron chi connectivity index (χ1n) is 10.4. The highest BCUT2D eigenvalue weighted by atomic mass is 32.2. The molecule has 174 valence electrons. The summed E-state index contributed by atoms with van der Waals surface area (Å²) in [6.45, 7) is 3.86. The van der Waals surface area contributed by atoms with Gasteiger partial charge in [0.1, 0.15) is 6.04 Å². The van der Waals surface area contributed by atoms with Crippen molar-refractivity contribution in [3.63, 3.8) is 0 Å². The lowest BCUT2D eigenvalue weighted by atomic mass is 10.0. The Hall–Kier alpha value is -3.36. The highest BCUT2D eigenvalue weighted by molar-refractivity contribution is 7.89. The van der Waals surface area contributed by atoms with Gasteiger partial charge in [-0.3, -0.25) is 4.79 Å². The molecule has 1 atom stereocenters. The summed E-state index contributed by atoms with van der Waals surface area (Å²) in [5.41, 5.74) is 3.42. The molecule has 0 aliphatic carbocycles. The zero-order chi connectivity index (χ0) is 24.0. The van der Waals surface area contributed by atoms with E-state index in [0.29, 0.717) is 11.4 Å². The summed E-state index contributed by atoms with van der Waals surface area (Å²) in [7, 11) is -1.14. The number of aryl methyl sites for hydroxylation is 1. The van der Waals surface area contributed by atoms with Gasteiger partial charge in [-0.15, -0.1) is 0 Å². The van der Waals surface area contributed by atoms with Gasteiger partial charge in [-0.1, -0.05) is 42.5 Å². The Morgan fingerprint density at radius 2 is 1.61 bits per heavy atom. The first-order valence-corrected chi connectivity index (χ1v) is 11.9. The van der Waals surface area contributed by atoms with Gasteiger partial charge < -0.3 is 14.8 Å². The van der Waals surface area contributed by atoms with Crippen LogP contribution in [0, 0.1) is 13.8 Å². The van der Waals surface area contributed by atoms with Crippen molar-refractivity contribution in [2.24, 2.45) is 0 Å². The number of hydrogen-bond acceptors (Lipinski definition) is 5. The maximum atomic E-state index is 13.2. The van der Waals surface area contributed by atoms with Gasteiger partial charge in [0, 0.05) is 11.8 Å². The average molecular weight is 469 g/mol. The number of ether oxygens (including phenoxy) is 2. The van der Waals surface area contributed by atoms with Crippen LogP contribution in [-0.2, 0) is 21.2 Å². The predicted octanol–water partition coefficient (Wildman–Crippen LogP) is 3.85. The Bertz CT molecular complexity index is 1230. The molecule has 0 radical (unpaired) electrons. The number of methoxy groups -OCH3 is 2. The van der Waals surface area contributed by atoms with Crippen molar-refractivity contribution in [1.82, 2.24) is 4.72 Å². The molecule has 0 saturated carbocycles. The second-order valence-corrected chi connectivity index (χ2v) is 9.33. The molecule has 7 nitrogen and oxygen atoms in total. The van der Waals surface area contributed by atoms with Crippen molar-refractivity contribution in [2.45, 2.75) is 31.2 Å². The van der Waals surface area contributed by atoms with Gasteiger partial charge in [0.25, 0.3) is 0 Å². The fourth-order valence-corrected chi connectivity index (χ4v) is 4.59. The van der Waals surface area contributed by atoms with Crippen molar-refractivity contribution in [2.75, 3.05) is 19.5 Å². The molecule has 0 aliphatic heterocycles. The minimum absolute atomic E-state index is 0.0299. The standard InChI is InChI=1S/C25H28N2O5S/c1-17-9-8-12-21(18(17)2)26-25(28)22(15-19-10-6-5-7-11-19)27-33(29,30)20-13-14-23(31-3)24(16-20)32-4/h5-14,16,22,27H,15H2,1-4H3,(H,26,28)/t22-/m1/s1. The van der Waals surface area contributed by atoms with Crippen molar-refractivity contribution in [1.29, 1.82) is 0 Å². The van der Waals surface area contributed by atoms with E-state index < -0.39 is 22.0 Å². The van der Waals surface area contributed by atoms with Crippen LogP contribution in [0.25, 0.3) is 0 Å². The number of amides is 1. The van der Waals surface area contributed by atoms with E-state index in [1.165, 1.54) is 32.4 Å². The van der Waals surface area contributed by atoms with Crippen LogP contribution in [0.4, 0.5) is 5.69 Å². The highest BCUT2D eigenvalue weighted by Crippen LogP contribution is 2.29. The van der Waals surface area contributed by atoms with Gasteiger partial charge >= 0.3 is 0 Å². The molecule has 0 heterocycles. The number of sulfonamides is 1. The SMILES string of the molecule is COc1ccc(S(=O)(=O)N[C@H](Cc2ccccc2)C(=O)Nc2cccc(C)c2C)cc1OC. The van der Waals surface area contributed by atoms with Crippen molar-refractivity contribution >= 4 is 21.6 Å². The average Bonchev–Trinajstić information content (AvgIpc) is 2.81. The molecule has 0 bridgehead atoms. The molecule has 2 N–H and O–H groups in total. The minimum Gasteiger partial charge on any atom is -0.493 e. The molecule has 0 aliphatic rings. The van der Waals surface area contributed by atoms with Crippen LogP contribution in [0.3, 0.4) is 0 Å². The van der Waals surface area contributed by atoms with Gasteiger partial charge in [-0.05, 0) is 55.2 Å². The molecule has 3 aromatic carbocycles. The van der Waals surface area contributed by atoms with Crippen molar-refractivity contribution < 1.29 is 22.7 Å². The smallest absolute Gasteiger partial charge is 0.242 e. The number of hydrogen-bond donors (Lipinski definition) is 2.